The summed E-state index contributed by atoms with van der Waals surface area (Å²) in [6.45, 7) is 7.77. The summed E-state index contributed by atoms with van der Waals surface area (Å²) in [6, 6.07) is 11.8. The van der Waals surface area contributed by atoms with Crippen LogP contribution in [0.5, 0.6) is 11.5 Å². The highest BCUT2D eigenvalue weighted by Crippen LogP contribution is 2.28. The third-order valence-corrected chi connectivity index (χ3v) is 6.09. The summed E-state index contributed by atoms with van der Waals surface area (Å²) in [4.78, 5) is 4.57. The van der Waals surface area contributed by atoms with Crippen LogP contribution < -0.4 is 14.8 Å². The quantitative estimate of drug-likeness (QED) is 0.589. The highest BCUT2D eigenvalue weighted by atomic mass is 35.5. The zero-order valence-electron chi connectivity index (χ0n) is 18.3. The molecule has 0 unspecified atom stereocenters. The number of anilines is 1. The molecule has 0 radical (unpaired) electrons. The fraction of sp³-hybridized carbons (Fsp3) is 0.435. The fourth-order valence-electron chi connectivity index (χ4n) is 3.41. The van der Waals surface area contributed by atoms with Crippen LogP contribution in [0.2, 0.25) is 5.02 Å². The summed E-state index contributed by atoms with van der Waals surface area (Å²) in [7, 11) is 3.28. The molecule has 1 heterocycles. The predicted octanol–water partition coefficient (Wildman–Crippen LogP) is 4.20. The lowest BCUT2D eigenvalue weighted by atomic mass is 10.2. The van der Waals surface area contributed by atoms with Crippen LogP contribution in [0.25, 0.3) is 0 Å². The first-order valence-corrected chi connectivity index (χ1v) is 11.1. The average molecular weight is 464 g/mol. The smallest absolute Gasteiger partial charge is 0.173 e. The van der Waals surface area contributed by atoms with Gasteiger partial charge in [0.05, 0.1) is 27.4 Å². The molecule has 1 fully saturated rings. The van der Waals surface area contributed by atoms with Crippen LogP contribution >= 0.6 is 23.8 Å². The summed E-state index contributed by atoms with van der Waals surface area (Å²) in [5, 5.41) is 4.71. The molecule has 1 aliphatic rings. The number of nitrogens with one attached hydrogen (secondary N) is 1. The van der Waals surface area contributed by atoms with Crippen LogP contribution in [-0.4, -0.2) is 68.5 Å². The van der Waals surface area contributed by atoms with E-state index >= 15 is 0 Å². The Balaban J connectivity index is 1.74. The van der Waals surface area contributed by atoms with E-state index in [2.05, 4.69) is 15.1 Å². The molecule has 0 aliphatic carbocycles. The molecule has 1 saturated heterocycles. The van der Waals surface area contributed by atoms with Gasteiger partial charge in [0.15, 0.2) is 16.6 Å². The van der Waals surface area contributed by atoms with Crippen molar-refractivity contribution >= 4 is 34.6 Å². The maximum atomic E-state index is 6.29. The van der Waals surface area contributed by atoms with Gasteiger partial charge in [-0.15, -0.1) is 0 Å². The molecule has 0 aromatic heterocycles. The number of hydrogen-bond donors (Lipinski definition) is 1. The fourth-order valence-corrected chi connectivity index (χ4v) is 3.87. The van der Waals surface area contributed by atoms with E-state index < -0.39 is 0 Å². The van der Waals surface area contributed by atoms with Gasteiger partial charge in [0.25, 0.3) is 0 Å². The van der Waals surface area contributed by atoms with E-state index in [9.17, 15) is 0 Å². The number of morpholine rings is 1. The minimum atomic E-state index is 0.649. The molecule has 6 nitrogen and oxygen atoms in total. The first kappa shape index (κ1) is 23.6. The van der Waals surface area contributed by atoms with Gasteiger partial charge in [0.1, 0.15) is 0 Å². The highest BCUT2D eigenvalue weighted by Gasteiger charge is 2.16. The van der Waals surface area contributed by atoms with Gasteiger partial charge in [-0.25, -0.2) is 0 Å². The van der Waals surface area contributed by atoms with Crippen LogP contribution in [0, 0.1) is 6.92 Å². The third kappa shape index (κ3) is 6.71. The monoisotopic (exact) mass is 463 g/mol. The van der Waals surface area contributed by atoms with Crippen LogP contribution in [-0.2, 0) is 11.3 Å². The number of rotatable bonds is 8. The number of ether oxygens (including phenoxy) is 3. The van der Waals surface area contributed by atoms with Crippen molar-refractivity contribution in [3.05, 3.63) is 52.5 Å². The Morgan fingerprint density at radius 3 is 2.55 bits per heavy atom. The number of hydrogen-bond acceptors (Lipinski definition) is 5. The van der Waals surface area contributed by atoms with E-state index in [1.54, 1.807) is 14.2 Å². The van der Waals surface area contributed by atoms with Crippen molar-refractivity contribution in [3.8, 4) is 11.5 Å². The Kier molecular flexibility index (Phi) is 8.78. The van der Waals surface area contributed by atoms with E-state index in [1.165, 1.54) is 0 Å². The number of aryl methyl sites for hydroxylation is 1. The largest absolute Gasteiger partial charge is 0.493 e. The third-order valence-electron chi connectivity index (χ3n) is 5.32. The Labute approximate surface area is 195 Å². The lowest BCUT2D eigenvalue weighted by Gasteiger charge is -2.31. The van der Waals surface area contributed by atoms with Crippen molar-refractivity contribution in [3.63, 3.8) is 0 Å². The molecule has 2 aromatic rings. The lowest BCUT2D eigenvalue weighted by Crippen LogP contribution is -2.43. The number of nitrogens with zero attached hydrogens (tertiary/aromatic N) is 2. The Hall–Kier alpha value is -2.06. The molecule has 0 atom stereocenters. The van der Waals surface area contributed by atoms with Crippen molar-refractivity contribution in [2.75, 3.05) is 58.9 Å². The molecule has 0 bridgehead atoms. The molecular formula is C23H30ClN3O3S. The van der Waals surface area contributed by atoms with Crippen LogP contribution in [0.1, 0.15) is 11.1 Å². The number of methoxy groups -OCH3 is 2. The number of thiocarbonyl (C=S) groups is 1. The minimum Gasteiger partial charge on any atom is -0.493 e. The molecule has 0 amide bonds. The lowest BCUT2D eigenvalue weighted by molar-refractivity contribution is 0.0358. The Morgan fingerprint density at radius 1 is 1.13 bits per heavy atom. The summed E-state index contributed by atoms with van der Waals surface area (Å²) in [5.74, 6) is 1.42. The molecule has 0 spiro atoms. The molecule has 1 aliphatic heterocycles. The second-order valence-electron chi connectivity index (χ2n) is 7.46. The zero-order chi connectivity index (χ0) is 22.2. The molecule has 31 heavy (non-hydrogen) atoms. The van der Waals surface area contributed by atoms with Gasteiger partial charge in [-0.1, -0.05) is 23.7 Å². The summed E-state index contributed by atoms with van der Waals surface area (Å²) < 4.78 is 16.3. The first-order chi connectivity index (χ1) is 15.0. The maximum Gasteiger partial charge on any atom is 0.173 e. The molecule has 2 aromatic carbocycles. The molecule has 168 valence electrons. The van der Waals surface area contributed by atoms with E-state index in [1.807, 2.05) is 43.3 Å². The second kappa shape index (κ2) is 11.5. The Bertz CT molecular complexity index is 890. The summed E-state index contributed by atoms with van der Waals surface area (Å²) in [6.07, 6.45) is 0. The molecule has 1 N–H and O–H groups in total. The van der Waals surface area contributed by atoms with Crippen LogP contribution in [0.4, 0.5) is 5.69 Å². The zero-order valence-corrected chi connectivity index (χ0v) is 19.9. The molecule has 8 heteroatoms. The second-order valence-corrected chi connectivity index (χ2v) is 8.25. The Morgan fingerprint density at radius 2 is 1.87 bits per heavy atom. The van der Waals surface area contributed by atoms with Gasteiger partial charge in [0.2, 0.25) is 0 Å². The van der Waals surface area contributed by atoms with Crippen molar-refractivity contribution in [1.82, 2.24) is 9.80 Å². The maximum absolute atomic E-state index is 6.29. The average Bonchev–Trinajstić information content (AvgIpc) is 2.79. The van der Waals surface area contributed by atoms with Gasteiger partial charge in [-0.3, -0.25) is 4.90 Å². The summed E-state index contributed by atoms with van der Waals surface area (Å²) >= 11 is 12.1. The van der Waals surface area contributed by atoms with Crippen molar-refractivity contribution in [1.29, 1.82) is 0 Å². The molecule has 0 saturated carbocycles. The van der Waals surface area contributed by atoms with Gasteiger partial charge in [-0.05, 0) is 54.5 Å². The van der Waals surface area contributed by atoms with Crippen LogP contribution in [0.15, 0.2) is 36.4 Å². The van der Waals surface area contributed by atoms with Gasteiger partial charge >= 0.3 is 0 Å². The van der Waals surface area contributed by atoms with Gasteiger partial charge < -0.3 is 24.4 Å². The number of halogens is 1. The first-order valence-electron chi connectivity index (χ1n) is 10.3. The number of benzene rings is 2. The molecular weight excluding hydrogens is 434 g/mol. The topological polar surface area (TPSA) is 46.2 Å². The minimum absolute atomic E-state index is 0.649. The van der Waals surface area contributed by atoms with E-state index in [4.69, 9.17) is 38.0 Å². The van der Waals surface area contributed by atoms with Gasteiger partial charge in [-0.2, -0.15) is 0 Å². The summed E-state index contributed by atoms with van der Waals surface area (Å²) in [5.41, 5.74) is 3.00. The van der Waals surface area contributed by atoms with E-state index in [0.717, 1.165) is 56.2 Å². The standard InChI is InChI=1S/C23H30ClN3O3S/c1-17-4-6-19(15-20(17)24)25-23(31)27(9-8-26-10-12-30-13-11-26)16-18-5-7-21(28-2)22(14-18)29-3/h4-7,14-15H,8-13,16H2,1-3H3,(H,25,31). The van der Waals surface area contributed by atoms with Crippen molar-refractivity contribution in [2.45, 2.75) is 13.5 Å². The normalized spacial score (nSPS) is 14.2. The highest BCUT2D eigenvalue weighted by molar-refractivity contribution is 7.80. The van der Waals surface area contributed by atoms with Crippen LogP contribution in [0.3, 0.4) is 0 Å². The van der Waals surface area contributed by atoms with Gasteiger partial charge in [0, 0.05) is 43.4 Å². The predicted molar refractivity (Wildman–Crippen MR) is 130 cm³/mol. The molecule has 3 rings (SSSR count). The SMILES string of the molecule is COc1ccc(CN(CCN2CCOCC2)C(=S)Nc2ccc(C)c(Cl)c2)cc1OC. The van der Waals surface area contributed by atoms with Crippen molar-refractivity contribution < 1.29 is 14.2 Å². The van der Waals surface area contributed by atoms with Crippen molar-refractivity contribution in [2.24, 2.45) is 0 Å². The van der Waals surface area contributed by atoms with E-state index in [0.29, 0.717) is 28.2 Å². The van der Waals surface area contributed by atoms with E-state index in [-0.39, 0.29) is 0 Å².